The van der Waals surface area contributed by atoms with E-state index in [2.05, 4.69) is 15.5 Å². The van der Waals surface area contributed by atoms with Crippen LogP contribution >= 0.6 is 11.8 Å². The van der Waals surface area contributed by atoms with E-state index in [1.807, 2.05) is 38.3 Å². The van der Waals surface area contributed by atoms with Gasteiger partial charge in [0.25, 0.3) is 5.22 Å². The average Bonchev–Trinajstić information content (AvgIpc) is 2.89. The number of anilines is 1. The van der Waals surface area contributed by atoms with Crippen molar-refractivity contribution in [2.75, 3.05) is 11.6 Å². The molecule has 0 aliphatic carbocycles. The molecule has 2 rings (SSSR count). The lowest BCUT2D eigenvalue weighted by Gasteiger charge is -2.10. The van der Waals surface area contributed by atoms with Crippen molar-refractivity contribution in [2.24, 2.45) is 0 Å². The Kier molecular flexibility index (Phi) is 4.79. The number of rotatable bonds is 5. The molecular formula is C14H17N3O2S. The summed E-state index contributed by atoms with van der Waals surface area (Å²) in [5.74, 6) is 0.442. The van der Waals surface area contributed by atoms with Crippen molar-refractivity contribution in [3.05, 3.63) is 35.2 Å². The molecule has 1 aromatic heterocycles. The second kappa shape index (κ2) is 6.56. The van der Waals surface area contributed by atoms with E-state index in [1.54, 1.807) is 0 Å². The largest absolute Gasteiger partial charge is 0.416 e. The molecule has 6 heteroatoms. The number of thioether (sulfide) groups is 1. The van der Waals surface area contributed by atoms with E-state index in [0.717, 1.165) is 16.8 Å². The van der Waals surface area contributed by atoms with Gasteiger partial charge < -0.3 is 9.73 Å². The summed E-state index contributed by atoms with van der Waals surface area (Å²) >= 11 is 1.39. The Hall–Kier alpha value is -1.82. The van der Waals surface area contributed by atoms with E-state index in [0.29, 0.717) is 24.0 Å². The molecule has 2 aromatic rings. The minimum Gasteiger partial charge on any atom is -0.416 e. The van der Waals surface area contributed by atoms with Gasteiger partial charge in [0.05, 0.1) is 0 Å². The number of hydrogen-bond acceptors (Lipinski definition) is 5. The number of para-hydroxylation sites is 1. The third-order valence-corrected chi connectivity index (χ3v) is 3.45. The lowest BCUT2D eigenvalue weighted by molar-refractivity contribution is -0.116. The first kappa shape index (κ1) is 14.6. The molecule has 1 aromatic carbocycles. The van der Waals surface area contributed by atoms with Crippen LogP contribution in [0.4, 0.5) is 5.69 Å². The zero-order valence-electron chi connectivity index (χ0n) is 11.8. The molecule has 20 heavy (non-hydrogen) atoms. The Morgan fingerprint density at radius 3 is 2.60 bits per heavy atom. The van der Waals surface area contributed by atoms with Gasteiger partial charge in [-0.3, -0.25) is 4.79 Å². The number of benzene rings is 1. The molecule has 0 fully saturated rings. The van der Waals surface area contributed by atoms with E-state index in [4.69, 9.17) is 4.42 Å². The standard InChI is InChI=1S/C14H17N3O2S/c1-9-5-4-6-10(2)13(9)15-11(18)7-8-12-16-17-14(19-12)20-3/h4-6H,7-8H2,1-3H3,(H,15,18). The molecular weight excluding hydrogens is 274 g/mol. The van der Waals surface area contributed by atoms with Crippen molar-refractivity contribution >= 4 is 23.4 Å². The van der Waals surface area contributed by atoms with Crippen LogP contribution in [0.3, 0.4) is 0 Å². The van der Waals surface area contributed by atoms with E-state index in [1.165, 1.54) is 11.8 Å². The van der Waals surface area contributed by atoms with Crippen LogP contribution in [-0.4, -0.2) is 22.4 Å². The number of nitrogens with one attached hydrogen (secondary N) is 1. The highest BCUT2D eigenvalue weighted by Crippen LogP contribution is 2.20. The van der Waals surface area contributed by atoms with E-state index < -0.39 is 0 Å². The molecule has 0 atom stereocenters. The third-order valence-electron chi connectivity index (χ3n) is 2.93. The summed E-state index contributed by atoms with van der Waals surface area (Å²) in [6.07, 6.45) is 2.64. The molecule has 0 unspecified atom stereocenters. The summed E-state index contributed by atoms with van der Waals surface area (Å²) in [5, 5.41) is 11.2. The second-order valence-corrected chi connectivity index (χ2v) is 5.24. The van der Waals surface area contributed by atoms with Gasteiger partial charge in [-0.1, -0.05) is 30.0 Å². The van der Waals surface area contributed by atoms with Gasteiger partial charge in [0.2, 0.25) is 11.8 Å². The predicted molar refractivity (Wildman–Crippen MR) is 78.9 cm³/mol. The van der Waals surface area contributed by atoms with Crippen LogP contribution in [0.5, 0.6) is 0 Å². The molecule has 0 bridgehead atoms. The summed E-state index contributed by atoms with van der Waals surface area (Å²) in [6, 6.07) is 5.93. The molecule has 1 amide bonds. The maximum Gasteiger partial charge on any atom is 0.276 e. The number of amides is 1. The lowest BCUT2D eigenvalue weighted by Crippen LogP contribution is -2.14. The van der Waals surface area contributed by atoms with Crippen molar-refractivity contribution in [3.8, 4) is 0 Å². The molecule has 0 aliphatic heterocycles. The summed E-state index contributed by atoms with van der Waals surface area (Å²) in [5.41, 5.74) is 2.99. The number of nitrogens with zero attached hydrogens (tertiary/aromatic N) is 2. The Bertz CT molecular complexity index is 590. The van der Waals surface area contributed by atoms with E-state index in [-0.39, 0.29) is 5.91 Å². The van der Waals surface area contributed by atoms with Gasteiger partial charge in [-0.15, -0.1) is 10.2 Å². The van der Waals surface area contributed by atoms with Crippen LogP contribution in [0.1, 0.15) is 23.4 Å². The van der Waals surface area contributed by atoms with Crippen LogP contribution < -0.4 is 5.32 Å². The fraction of sp³-hybridized carbons (Fsp3) is 0.357. The summed E-state index contributed by atoms with van der Waals surface area (Å²) < 4.78 is 5.34. The zero-order chi connectivity index (χ0) is 14.5. The van der Waals surface area contributed by atoms with Gasteiger partial charge in [-0.25, -0.2) is 0 Å². The van der Waals surface area contributed by atoms with E-state index >= 15 is 0 Å². The van der Waals surface area contributed by atoms with Crippen LogP contribution in [0.15, 0.2) is 27.8 Å². The van der Waals surface area contributed by atoms with E-state index in [9.17, 15) is 4.79 Å². The molecule has 106 valence electrons. The molecule has 5 nitrogen and oxygen atoms in total. The lowest BCUT2D eigenvalue weighted by atomic mass is 10.1. The van der Waals surface area contributed by atoms with Gasteiger partial charge in [-0.2, -0.15) is 0 Å². The number of hydrogen-bond donors (Lipinski definition) is 1. The normalized spacial score (nSPS) is 10.6. The van der Waals surface area contributed by atoms with Gasteiger partial charge >= 0.3 is 0 Å². The van der Waals surface area contributed by atoms with Crippen molar-refractivity contribution in [2.45, 2.75) is 31.9 Å². The first-order chi connectivity index (χ1) is 9.60. The Labute approximate surface area is 122 Å². The predicted octanol–water partition coefficient (Wildman–Crippen LogP) is 2.98. The van der Waals surface area contributed by atoms with Gasteiger partial charge in [0.15, 0.2) is 0 Å². The van der Waals surface area contributed by atoms with Crippen molar-refractivity contribution in [1.29, 1.82) is 0 Å². The smallest absolute Gasteiger partial charge is 0.276 e. The Morgan fingerprint density at radius 2 is 2.00 bits per heavy atom. The zero-order valence-corrected chi connectivity index (χ0v) is 12.6. The molecule has 0 radical (unpaired) electrons. The van der Waals surface area contributed by atoms with Crippen molar-refractivity contribution < 1.29 is 9.21 Å². The summed E-state index contributed by atoms with van der Waals surface area (Å²) in [7, 11) is 0. The monoisotopic (exact) mass is 291 g/mol. The minimum absolute atomic E-state index is 0.0497. The first-order valence-corrected chi connectivity index (χ1v) is 7.55. The quantitative estimate of drug-likeness (QED) is 0.858. The Morgan fingerprint density at radius 1 is 1.30 bits per heavy atom. The number of aryl methyl sites for hydroxylation is 3. The van der Waals surface area contributed by atoms with Crippen LogP contribution in [-0.2, 0) is 11.2 Å². The summed E-state index contributed by atoms with van der Waals surface area (Å²) in [4.78, 5) is 12.0. The minimum atomic E-state index is -0.0497. The van der Waals surface area contributed by atoms with Crippen molar-refractivity contribution in [3.63, 3.8) is 0 Å². The van der Waals surface area contributed by atoms with Gasteiger partial charge in [0, 0.05) is 18.5 Å². The SMILES string of the molecule is CSc1nnc(CCC(=O)Nc2c(C)cccc2C)o1. The highest BCUT2D eigenvalue weighted by atomic mass is 32.2. The fourth-order valence-electron chi connectivity index (χ4n) is 1.86. The Balaban J connectivity index is 1.92. The van der Waals surface area contributed by atoms with Crippen molar-refractivity contribution in [1.82, 2.24) is 10.2 Å². The molecule has 1 N–H and O–H groups in total. The molecule has 0 saturated heterocycles. The number of carbonyl (C=O) groups is 1. The van der Waals surface area contributed by atoms with Crippen LogP contribution in [0, 0.1) is 13.8 Å². The highest BCUT2D eigenvalue weighted by molar-refractivity contribution is 7.98. The second-order valence-electron chi connectivity index (χ2n) is 4.48. The number of aromatic nitrogens is 2. The topological polar surface area (TPSA) is 68.0 Å². The van der Waals surface area contributed by atoms with Gasteiger partial charge in [0.1, 0.15) is 0 Å². The third kappa shape index (κ3) is 3.60. The molecule has 0 saturated carbocycles. The van der Waals surface area contributed by atoms with Crippen LogP contribution in [0.25, 0.3) is 0 Å². The maximum absolute atomic E-state index is 12.0. The molecule has 0 aliphatic rings. The van der Waals surface area contributed by atoms with Gasteiger partial charge in [-0.05, 0) is 31.2 Å². The number of carbonyl (C=O) groups excluding carboxylic acids is 1. The fourth-order valence-corrected chi connectivity index (χ4v) is 2.16. The van der Waals surface area contributed by atoms with Crippen LogP contribution in [0.2, 0.25) is 0 Å². The molecule has 0 spiro atoms. The highest BCUT2D eigenvalue weighted by Gasteiger charge is 2.10. The molecule has 1 heterocycles. The maximum atomic E-state index is 12.0. The summed E-state index contributed by atoms with van der Waals surface area (Å²) in [6.45, 7) is 3.96. The average molecular weight is 291 g/mol. The first-order valence-electron chi connectivity index (χ1n) is 6.32.